The van der Waals surface area contributed by atoms with Gasteiger partial charge in [0.2, 0.25) is 0 Å². The lowest BCUT2D eigenvalue weighted by Gasteiger charge is -2.14. The summed E-state index contributed by atoms with van der Waals surface area (Å²) < 4.78 is 118. The fourth-order valence-electron chi connectivity index (χ4n) is 1.28. The number of nitrogens with zero attached hydrogens (tertiary/aromatic N) is 1. The number of halogens is 4. The highest BCUT2D eigenvalue weighted by Crippen LogP contribution is 2.22. The van der Waals surface area contributed by atoms with Gasteiger partial charge in [-0.05, 0) is 6.07 Å². The van der Waals surface area contributed by atoms with Crippen molar-refractivity contribution in [3.63, 3.8) is 0 Å². The van der Waals surface area contributed by atoms with Crippen molar-refractivity contribution in [2.45, 2.75) is 10.5 Å². The van der Waals surface area contributed by atoms with Gasteiger partial charge in [0.15, 0.2) is 13.2 Å². The average molecular weight is 455 g/mol. The number of hydrogen-bond donors (Lipinski definition) is 2. The number of aromatic nitrogens is 1. The van der Waals surface area contributed by atoms with Crippen molar-refractivity contribution in [2.24, 2.45) is 0 Å². The number of rotatable bonds is 8. The molecular formula is C11H9F4NO10S2. The van der Waals surface area contributed by atoms with Crippen LogP contribution < -0.4 is 0 Å². The van der Waals surface area contributed by atoms with Crippen LogP contribution in [-0.2, 0) is 29.7 Å². The van der Waals surface area contributed by atoms with Gasteiger partial charge >= 0.3 is 42.7 Å². The summed E-state index contributed by atoms with van der Waals surface area (Å²) in [5, 5.41) is -9.65. The fourth-order valence-corrected chi connectivity index (χ4v) is 1.69. The number of carbonyl (C=O) groups is 2. The Labute approximate surface area is 153 Å². The number of alkyl halides is 4. The van der Waals surface area contributed by atoms with E-state index in [0.29, 0.717) is 18.5 Å². The molecule has 158 valence electrons. The molecule has 0 amide bonds. The van der Waals surface area contributed by atoms with Crippen LogP contribution in [0.3, 0.4) is 0 Å². The molecule has 0 fully saturated rings. The molecule has 0 saturated heterocycles. The molecule has 0 aromatic carbocycles. The first-order valence-electron chi connectivity index (χ1n) is 6.47. The van der Waals surface area contributed by atoms with Gasteiger partial charge < -0.3 is 9.47 Å². The van der Waals surface area contributed by atoms with E-state index in [0.717, 1.165) is 0 Å². The van der Waals surface area contributed by atoms with Crippen molar-refractivity contribution >= 4 is 32.2 Å². The molecule has 0 aliphatic heterocycles. The molecule has 0 spiro atoms. The minimum absolute atomic E-state index is 0.564. The zero-order valence-electron chi connectivity index (χ0n) is 13.1. The van der Waals surface area contributed by atoms with Gasteiger partial charge in [-0.3, -0.25) is 14.1 Å². The van der Waals surface area contributed by atoms with E-state index in [9.17, 15) is 44.0 Å². The highest BCUT2D eigenvalue weighted by atomic mass is 32.2. The summed E-state index contributed by atoms with van der Waals surface area (Å²) in [5.74, 6) is -3.26. The highest BCUT2D eigenvalue weighted by molar-refractivity contribution is 7.87. The molecule has 0 atom stereocenters. The maximum atomic E-state index is 13.0. The average Bonchev–Trinajstić information content (AvgIpc) is 2.55. The third-order valence-electron chi connectivity index (χ3n) is 2.71. The van der Waals surface area contributed by atoms with Crippen molar-refractivity contribution in [3.05, 3.63) is 29.6 Å². The fraction of sp³-hybridized carbons (Fsp3) is 0.364. The molecule has 2 N–H and O–H groups in total. The normalized spacial score (nSPS) is 13.1. The molecule has 0 saturated carbocycles. The third kappa shape index (κ3) is 5.81. The van der Waals surface area contributed by atoms with E-state index in [1.54, 1.807) is 0 Å². The van der Waals surface area contributed by atoms with Crippen molar-refractivity contribution < 1.29 is 62.6 Å². The van der Waals surface area contributed by atoms with Crippen LogP contribution in [0.25, 0.3) is 0 Å². The molecule has 1 heterocycles. The molecule has 28 heavy (non-hydrogen) atoms. The maximum Gasteiger partial charge on any atom is 0.402 e. The van der Waals surface area contributed by atoms with Gasteiger partial charge in [-0.2, -0.15) is 34.4 Å². The quantitative estimate of drug-likeness (QED) is 0.314. The number of ether oxygens (including phenoxy) is 2. The zero-order valence-corrected chi connectivity index (χ0v) is 14.7. The monoisotopic (exact) mass is 455 g/mol. The molecule has 17 heteroatoms. The van der Waals surface area contributed by atoms with Gasteiger partial charge in [0.05, 0.1) is 11.1 Å². The Balaban J connectivity index is 2.86. The second-order valence-corrected chi connectivity index (χ2v) is 7.93. The lowest BCUT2D eigenvalue weighted by molar-refractivity contribution is -0.0100. The Bertz CT molecular complexity index is 902. The molecular weight excluding hydrogens is 446 g/mol. The molecule has 0 aliphatic rings. The lowest BCUT2D eigenvalue weighted by Crippen LogP contribution is -2.35. The summed E-state index contributed by atoms with van der Waals surface area (Å²) in [6, 6.07) is 0.564. The first kappa shape index (κ1) is 23.7. The van der Waals surface area contributed by atoms with Crippen LogP contribution >= 0.6 is 0 Å². The minimum atomic E-state index is -5.88. The van der Waals surface area contributed by atoms with E-state index in [4.69, 9.17) is 9.11 Å². The number of carbonyl (C=O) groups excluding carboxylic acids is 2. The van der Waals surface area contributed by atoms with Gasteiger partial charge in [0, 0.05) is 12.4 Å². The van der Waals surface area contributed by atoms with Crippen molar-refractivity contribution in [3.8, 4) is 0 Å². The second-order valence-electron chi connectivity index (χ2n) is 4.84. The van der Waals surface area contributed by atoms with Crippen LogP contribution in [0.5, 0.6) is 0 Å². The molecule has 0 unspecified atom stereocenters. The first-order valence-corrected chi connectivity index (χ1v) is 9.35. The predicted molar refractivity (Wildman–Crippen MR) is 77.8 cm³/mol. The van der Waals surface area contributed by atoms with E-state index >= 15 is 0 Å². The topological polar surface area (TPSA) is 174 Å². The van der Waals surface area contributed by atoms with Crippen LogP contribution in [0, 0.1) is 0 Å². The predicted octanol–water partition coefficient (Wildman–Crippen LogP) is 0.356. The summed E-state index contributed by atoms with van der Waals surface area (Å²) in [4.78, 5) is 26.5. The van der Waals surface area contributed by atoms with Gasteiger partial charge in [-0.15, -0.1) is 0 Å². The Morgan fingerprint density at radius 2 is 1.18 bits per heavy atom. The van der Waals surface area contributed by atoms with Gasteiger partial charge in [0.25, 0.3) is 0 Å². The van der Waals surface area contributed by atoms with Crippen LogP contribution in [0.15, 0.2) is 18.5 Å². The number of hydrogen-bond acceptors (Lipinski definition) is 9. The summed E-state index contributed by atoms with van der Waals surface area (Å²) >= 11 is 0. The maximum absolute atomic E-state index is 13.0. The second kappa shape index (κ2) is 7.94. The van der Waals surface area contributed by atoms with Gasteiger partial charge in [-0.1, -0.05) is 0 Å². The van der Waals surface area contributed by atoms with Crippen LogP contribution in [0.4, 0.5) is 17.6 Å². The zero-order chi connectivity index (χ0) is 22.0. The molecule has 1 aromatic heterocycles. The summed E-state index contributed by atoms with van der Waals surface area (Å²) in [6.07, 6.45) is 1.33. The van der Waals surface area contributed by atoms with E-state index in [-0.39, 0.29) is 0 Å². The molecule has 11 nitrogen and oxygen atoms in total. The Kier molecular flexibility index (Phi) is 6.71. The van der Waals surface area contributed by atoms with Crippen molar-refractivity contribution in [1.82, 2.24) is 4.98 Å². The first-order chi connectivity index (χ1) is 12.5. The minimum Gasteiger partial charge on any atom is -0.454 e. The van der Waals surface area contributed by atoms with Crippen molar-refractivity contribution in [2.75, 3.05) is 13.2 Å². The smallest absolute Gasteiger partial charge is 0.402 e. The third-order valence-corrected chi connectivity index (χ3v) is 4.45. The lowest BCUT2D eigenvalue weighted by atomic mass is 10.2. The molecule has 0 bridgehead atoms. The molecule has 1 aromatic rings. The Morgan fingerprint density at radius 3 is 1.46 bits per heavy atom. The Hall–Kier alpha value is -2.37. The molecule has 0 aliphatic carbocycles. The summed E-state index contributed by atoms with van der Waals surface area (Å²) in [7, 11) is -11.8. The van der Waals surface area contributed by atoms with Crippen LogP contribution in [-0.4, -0.2) is 66.6 Å². The number of esters is 2. The molecule has 1 rings (SSSR count). The van der Waals surface area contributed by atoms with E-state index in [1.807, 2.05) is 0 Å². The Morgan fingerprint density at radius 1 is 0.857 bits per heavy atom. The van der Waals surface area contributed by atoms with E-state index in [1.165, 1.54) is 0 Å². The van der Waals surface area contributed by atoms with Gasteiger partial charge in [-0.25, -0.2) is 9.59 Å². The largest absolute Gasteiger partial charge is 0.454 e. The van der Waals surface area contributed by atoms with E-state index in [2.05, 4.69) is 14.5 Å². The standard InChI is InChI=1S/C11H9F4NO10S2/c12-10(13,27(19,20)21)4-25-8(17)6-1-7(3-16-2-6)9(18)26-5-11(14,15)28(22,23)24/h1-3H,4-5H2,(H,19,20,21)(H,22,23,24). The van der Waals surface area contributed by atoms with Crippen molar-refractivity contribution in [1.29, 1.82) is 0 Å². The summed E-state index contributed by atoms with van der Waals surface area (Å²) in [6.45, 7) is -4.17. The molecule has 0 radical (unpaired) electrons. The highest BCUT2D eigenvalue weighted by Gasteiger charge is 2.46. The number of pyridine rings is 1. The van der Waals surface area contributed by atoms with Crippen LogP contribution in [0.1, 0.15) is 20.7 Å². The van der Waals surface area contributed by atoms with Gasteiger partial charge in [0.1, 0.15) is 0 Å². The van der Waals surface area contributed by atoms with E-state index < -0.39 is 67.0 Å². The SMILES string of the molecule is O=C(OCC(F)(F)S(=O)(=O)O)c1cncc(C(=O)OCC(F)(F)S(=O)(=O)O)c1. The summed E-state index contributed by atoms with van der Waals surface area (Å²) in [5.41, 5.74) is -1.44. The van der Waals surface area contributed by atoms with Crippen LogP contribution in [0.2, 0.25) is 0 Å².